The molecule has 0 aliphatic heterocycles. The van der Waals surface area contributed by atoms with Crippen molar-refractivity contribution in [3.8, 4) is 0 Å². The van der Waals surface area contributed by atoms with Crippen LogP contribution in [-0.2, 0) is 52.2 Å². The average Bonchev–Trinajstić information content (AvgIpc) is 2.89. The minimum absolute atomic E-state index is 0.191. The van der Waals surface area contributed by atoms with Gasteiger partial charge in [0.25, 0.3) is 0 Å². The van der Waals surface area contributed by atoms with Gasteiger partial charge in [-0.1, -0.05) is 6.92 Å². The number of carbonyl (C=O) groups is 2. The van der Waals surface area contributed by atoms with Crippen molar-refractivity contribution < 1.29 is 57.0 Å². The highest BCUT2D eigenvalue weighted by atomic mass is 16.6. The molecule has 0 spiro atoms. The highest BCUT2D eigenvalue weighted by molar-refractivity contribution is 5.69. The molecule has 0 aromatic heterocycles. The number of hydrogen-bond donors (Lipinski definition) is 1. The standard InChI is InChI=1S/C27H53NO12/c1-5-6-25(29)39-24-23-38-22-21-37-20-19-36-18-17-35-16-15-34-14-13-33-12-11-32-10-9-31-8-7-28-26(30)40-27(2,3)4/h5-24H2,1-4H3,(H,28,30). The van der Waals surface area contributed by atoms with Crippen molar-refractivity contribution in [3.63, 3.8) is 0 Å². The maximum Gasteiger partial charge on any atom is 0.407 e. The van der Waals surface area contributed by atoms with E-state index in [0.29, 0.717) is 119 Å². The second kappa shape index (κ2) is 28.9. The average molecular weight is 584 g/mol. The normalized spacial score (nSPS) is 11.5. The molecule has 0 atom stereocenters. The highest BCUT2D eigenvalue weighted by Crippen LogP contribution is 2.06. The second-order valence-corrected chi connectivity index (χ2v) is 9.30. The topological polar surface area (TPSA) is 138 Å². The molecule has 0 fully saturated rings. The number of esters is 1. The number of alkyl carbamates (subject to hydrolysis) is 1. The van der Waals surface area contributed by atoms with Crippen molar-refractivity contribution in [2.24, 2.45) is 0 Å². The lowest BCUT2D eigenvalue weighted by molar-refractivity contribution is -0.145. The summed E-state index contributed by atoms with van der Waals surface area (Å²) in [5.41, 5.74) is -0.511. The fourth-order valence-electron chi connectivity index (χ4n) is 2.67. The first-order valence-electron chi connectivity index (χ1n) is 14.1. The van der Waals surface area contributed by atoms with E-state index in [1.54, 1.807) is 0 Å². The summed E-state index contributed by atoms with van der Waals surface area (Å²) in [6.45, 7) is 15.4. The summed E-state index contributed by atoms with van der Waals surface area (Å²) in [7, 11) is 0. The molecule has 40 heavy (non-hydrogen) atoms. The predicted octanol–water partition coefficient (Wildman–Crippen LogP) is 1.99. The molecule has 0 saturated heterocycles. The molecule has 0 unspecified atom stereocenters. The fraction of sp³-hybridized carbons (Fsp3) is 0.926. The molecule has 0 radical (unpaired) electrons. The van der Waals surface area contributed by atoms with Crippen molar-refractivity contribution >= 4 is 12.1 Å². The lowest BCUT2D eigenvalue weighted by Gasteiger charge is -2.19. The van der Waals surface area contributed by atoms with Gasteiger partial charge in [-0.25, -0.2) is 4.79 Å². The monoisotopic (exact) mass is 583 g/mol. The Balaban J connectivity index is 3.12. The lowest BCUT2D eigenvalue weighted by atomic mass is 10.2. The molecule has 1 N–H and O–H groups in total. The van der Waals surface area contributed by atoms with E-state index in [0.717, 1.165) is 6.42 Å². The van der Waals surface area contributed by atoms with E-state index in [1.165, 1.54) is 0 Å². The molecular weight excluding hydrogens is 530 g/mol. The van der Waals surface area contributed by atoms with Gasteiger partial charge in [0, 0.05) is 13.0 Å². The van der Waals surface area contributed by atoms with Gasteiger partial charge in [-0.2, -0.15) is 0 Å². The van der Waals surface area contributed by atoms with E-state index in [4.69, 9.17) is 47.4 Å². The largest absolute Gasteiger partial charge is 0.463 e. The summed E-state index contributed by atoms with van der Waals surface area (Å²) in [4.78, 5) is 22.6. The Hall–Kier alpha value is -1.58. The van der Waals surface area contributed by atoms with Crippen molar-refractivity contribution in [2.45, 2.75) is 46.1 Å². The van der Waals surface area contributed by atoms with Crippen LogP contribution in [0.1, 0.15) is 40.5 Å². The van der Waals surface area contributed by atoms with Gasteiger partial charge < -0.3 is 52.7 Å². The Morgan fingerprint density at radius 2 is 0.850 bits per heavy atom. The highest BCUT2D eigenvalue weighted by Gasteiger charge is 2.15. The van der Waals surface area contributed by atoms with Gasteiger partial charge in [-0.3, -0.25) is 4.79 Å². The molecule has 0 bridgehead atoms. The number of ether oxygens (including phenoxy) is 10. The summed E-state index contributed by atoms with van der Waals surface area (Å²) in [6, 6.07) is 0. The summed E-state index contributed by atoms with van der Waals surface area (Å²) < 4.78 is 53.4. The van der Waals surface area contributed by atoms with Crippen LogP contribution in [0.2, 0.25) is 0 Å². The zero-order valence-electron chi connectivity index (χ0n) is 25.0. The van der Waals surface area contributed by atoms with Crippen molar-refractivity contribution in [2.75, 3.05) is 119 Å². The van der Waals surface area contributed by atoms with E-state index >= 15 is 0 Å². The summed E-state index contributed by atoms with van der Waals surface area (Å²) in [6.07, 6.45) is 0.769. The number of amides is 1. The van der Waals surface area contributed by atoms with Crippen LogP contribution in [0.3, 0.4) is 0 Å². The molecule has 0 aromatic rings. The van der Waals surface area contributed by atoms with Crippen LogP contribution >= 0.6 is 0 Å². The molecule has 1 amide bonds. The van der Waals surface area contributed by atoms with Gasteiger partial charge in [-0.05, 0) is 27.2 Å². The van der Waals surface area contributed by atoms with Gasteiger partial charge in [-0.15, -0.1) is 0 Å². The van der Waals surface area contributed by atoms with Gasteiger partial charge in [0.2, 0.25) is 0 Å². The van der Waals surface area contributed by atoms with Gasteiger partial charge >= 0.3 is 12.1 Å². The zero-order valence-corrected chi connectivity index (χ0v) is 25.0. The molecule has 13 nitrogen and oxygen atoms in total. The molecule has 238 valence electrons. The molecule has 0 heterocycles. The second-order valence-electron chi connectivity index (χ2n) is 9.30. The van der Waals surface area contributed by atoms with E-state index in [9.17, 15) is 9.59 Å². The summed E-state index contributed by atoms with van der Waals surface area (Å²) in [5.74, 6) is -0.191. The maximum absolute atomic E-state index is 11.5. The molecule has 13 heteroatoms. The van der Waals surface area contributed by atoms with Crippen molar-refractivity contribution in [1.29, 1.82) is 0 Å². The molecule has 0 aliphatic carbocycles. The third-order valence-electron chi connectivity index (χ3n) is 4.46. The third-order valence-corrected chi connectivity index (χ3v) is 4.46. The van der Waals surface area contributed by atoms with Crippen LogP contribution in [0.25, 0.3) is 0 Å². The number of nitrogens with one attached hydrogen (secondary N) is 1. The Kier molecular flexibility index (Phi) is 27.8. The van der Waals surface area contributed by atoms with E-state index in [2.05, 4.69) is 5.32 Å². The Bertz CT molecular complexity index is 574. The Labute approximate surface area is 239 Å². The SMILES string of the molecule is CCCC(=O)OCCOCCOCCOCCOCCOCCOCCOCCOCCNC(=O)OC(C)(C)C. The quantitative estimate of drug-likeness (QED) is 0.102. The number of carbonyl (C=O) groups excluding carboxylic acids is 2. The lowest BCUT2D eigenvalue weighted by Crippen LogP contribution is -2.34. The van der Waals surface area contributed by atoms with E-state index < -0.39 is 11.7 Å². The first-order chi connectivity index (χ1) is 19.3. The van der Waals surface area contributed by atoms with Crippen LogP contribution < -0.4 is 5.32 Å². The van der Waals surface area contributed by atoms with Crippen molar-refractivity contribution in [1.82, 2.24) is 5.32 Å². The van der Waals surface area contributed by atoms with Crippen LogP contribution in [0, 0.1) is 0 Å². The summed E-state index contributed by atoms with van der Waals surface area (Å²) in [5, 5.41) is 2.62. The molecule has 0 aromatic carbocycles. The fourth-order valence-corrected chi connectivity index (χ4v) is 2.67. The van der Waals surface area contributed by atoms with Crippen LogP contribution in [0.5, 0.6) is 0 Å². The van der Waals surface area contributed by atoms with E-state index in [-0.39, 0.29) is 12.6 Å². The molecular formula is C27H53NO12. The third kappa shape index (κ3) is 32.6. The maximum atomic E-state index is 11.5. The predicted molar refractivity (Wildman–Crippen MR) is 147 cm³/mol. The smallest absolute Gasteiger partial charge is 0.407 e. The molecule has 0 saturated carbocycles. The molecule has 0 aliphatic rings. The number of rotatable bonds is 29. The van der Waals surface area contributed by atoms with Gasteiger partial charge in [0.1, 0.15) is 12.2 Å². The van der Waals surface area contributed by atoms with Crippen LogP contribution in [0.15, 0.2) is 0 Å². The van der Waals surface area contributed by atoms with Crippen LogP contribution in [-0.4, -0.2) is 137 Å². The Morgan fingerprint density at radius 3 is 1.18 bits per heavy atom. The molecule has 0 rings (SSSR count). The van der Waals surface area contributed by atoms with Gasteiger partial charge in [0.15, 0.2) is 0 Å². The summed E-state index contributed by atoms with van der Waals surface area (Å²) >= 11 is 0. The van der Waals surface area contributed by atoms with E-state index in [1.807, 2.05) is 27.7 Å². The zero-order chi connectivity index (χ0) is 29.6. The van der Waals surface area contributed by atoms with Crippen LogP contribution in [0.4, 0.5) is 4.79 Å². The van der Waals surface area contributed by atoms with Crippen molar-refractivity contribution in [3.05, 3.63) is 0 Å². The minimum Gasteiger partial charge on any atom is -0.463 e. The first-order valence-corrected chi connectivity index (χ1v) is 14.1. The van der Waals surface area contributed by atoms with Gasteiger partial charge in [0.05, 0.1) is 106 Å². The Morgan fingerprint density at radius 1 is 0.525 bits per heavy atom. The first kappa shape index (κ1) is 38.4. The minimum atomic E-state index is -0.511. The number of hydrogen-bond acceptors (Lipinski definition) is 12.